The first kappa shape index (κ1) is 24.6. The summed E-state index contributed by atoms with van der Waals surface area (Å²) < 4.78 is 53.4. The fourth-order valence-electron chi connectivity index (χ4n) is 3.54. The first-order chi connectivity index (χ1) is 16.0. The van der Waals surface area contributed by atoms with Crippen LogP contribution in [0.3, 0.4) is 0 Å². The fraction of sp³-hybridized carbons (Fsp3) is 0.261. The van der Waals surface area contributed by atoms with Gasteiger partial charge < -0.3 is 16.0 Å². The number of hydrogen-bond acceptors (Lipinski definition) is 5. The molecule has 3 N–H and O–H groups in total. The second kappa shape index (κ2) is 9.43. The van der Waals surface area contributed by atoms with E-state index in [4.69, 9.17) is 10.7 Å². The van der Waals surface area contributed by atoms with Crippen molar-refractivity contribution in [3.63, 3.8) is 0 Å². The molecule has 0 bridgehead atoms. The van der Waals surface area contributed by atoms with Crippen LogP contribution in [0.5, 0.6) is 0 Å². The van der Waals surface area contributed by atoms with E-state index in [2.05, 4.69) is 10.6 Å². The van der Waals surface area contributed by atoms with Crippen molar-refractivity contribution in [1.29, 1.82) is 10.7 Å². The zero-order valence-corrected chi connectivity index (χ0v) is 17.6. The molecular weight excluding hydrogens is 456 g/mol. The van der Waals surface area contributed by atoms with Crippen LogP contribution in [0.4, 0.5) is 17.6 Å². The van der Waals surface area contributed by atoms with Gasteiger partial charge >= 0.3 is 18.0 Å². The molecule has 0 heterocycles. The lowest BCUT2D eigenvalue weighted by Crippen LogP contribution is -2.40. The number of nitriles is 1. The van der Waals surface area contributed by atoms with Gasteiger partial charge in [-0.25, -0.2) is 4.39 Å². The Balaban J connectivity index is 1.83. The number of alkyl halides is 3. The maximum Gasteiger partial charge on any atom is 0.416 e. The molecule has 3 rings (SSSR count). The number of hydrogen-bond donors (Lipinski definition) is 3. The average Bonchev–Trinajstić information content (AvgIpc) is 3.61. The second-order valence-electron chi connectivity index (χ2n) is 7.69. The normalized spacial score (nSPS) is 14.0. The van der Waals surface area contributed by atoms with E-state index >= 15 is 0 Å². The van der Waals surface area contributed by atoms with Crippen LogP contribution in [0, 0.1) is 22.6 Å². The number of halogens is 4. The predicted octanol–water partition coefficient (Wildman–Crippen LogP) is 3.03. The highest BCUT2D eigenvalue weighted by Gasteiger charge is 2.51. The number of carbonyl (C=O) groups excluding carboxylic acids is 3. The van der Waals surface area contributed by atoms with Gasteiger partial charge in [0.15, 0.2) is 0 Å². The number of ketones is 1. The van der Waals surface area contributed by atoms with Gasteiger partial charge in [-0.3, -0.25) is 14.4 Å². The van der Waals surface area contributed by atoms with Gasteiger partial charge in [-0.05, 0) is 42.2 Å². The molecule has 176 valence electrons. The molecule has 11 heteroatoms. The first-order valence-electron chi connectivity index (χ1n) is 10.0. The van der Waals surface area contributed by atoms with Crippen molar-refractivity contribution in [3.05, 3.63) is 70.5 Å². The van der Waals surface area contributed by atoms with E-state index in [1.54, 1.807) is 12.1 Å². The van der Waals surface area contributed by atoms with E-state index in [1.165, 1.54) is 18.2 Å². The minimum Gasteiger partial charge on any atom is -0.344 e. The van der Waals surface area contributed by atoms with Gasteiger partial charge in [-0.15, -0.1) is 0 Å². The Kier molecular flexibility index (Phi) is 6.81. The highest BCUT2D eigenvalue weighted by molar-refractivity contribution is 6.48. The Bertz CT molecular complexity index is 1210. The van der Waals surface area contributed by atoms with E-state index in [1.807, 2.05) is 0 Å². The molecule has 7 nitrogen and oxygen atoms in total. The van der Waals surface area contributed by atoms with Crippen molar-refractivity contribution < 1.29 is 31.9 Å². The van der Waals surface area contributed by atoms with Crippen molar-refractivity contribution in [2.75, 3.05) is 6.54 Å². The molecule has 2 aromatic carbocycles. The van der Waals surface area contributed by atoms with Gasteiger partial charge in [0, 0.05) is 17.5 Å². The van der Waals surface area contributed by atoms with E-state index in [-0.39, 0.29) is 42.6 Å². The van der Waals surface area contributed by atoms with Crippen LogP contribution in [-0.4, -0.2) is 29.9 Å². The van der Waals surface area contributed by atoms with E-state index < -0.39 is 46.3 Å². The molecule has 0 radical (unpaired) electrons. The molecule has 34 heavy (non-hydrogen) atoms. The van der Waals surface area contributed by atoms with Crippen LogP contribution >= 0.6 is 0 Å². The maximum atomic E-state index is 13.9. The number of Topliss-reactive ketones (excluding diaryl/α,β-unsaturated/α-hetero) is 1. The Labute approximate surface area is 191 Å². The van der Waals surface area contributed by atoms with E-state index in [0.717, 1.165) is 12.1 Å². The summed E-state index contributed by atoms with van der Waals surface area (Å²) in [5.74, 6) is -3.98. The highest BCUT2D eigenvalue weighted by Crippen LogP contribution is 2.51. The van der Waals surface area contributed by atoms with Gasteiger partial charge in [0.2, 0.25) is 5.78 Å². The van der Waals surface area contributed by atoms with Crippen molar-refractivity contribution in [1.82, 2.24) is 10.6 Å². The standard InChI is InChI=1S/C23H18F4N4O3/c24-16-10-14(9-15(11-16)23(25,26)27)22(5-6-22)19(29)18(32)17-4-2-1-3-13(17)12-31-21(34)20(33)30-8-7-28/h1-4,9-11,29H,5-6,8,12H2,(H,30,33)(H,31,34). The zero-order valence-electron chi connectivity index (χ0n) is 17.6. The molecule has 1 aliphatic rings. The Morgan fingerprint density at radius 3 is 2.32 bits per heavy atom. The third kappa shape index (κ3) is 5.11. The third-order valence-electron chi connectivity index (χ3n) is 5.47. The Morgan fingerprint density at radius 2 is 1.71 bits per heavy atom. The molecule has 0 aliphatic heterocycles. The van der Waals surface area contributed by atoms with Gasteiger partial charge in [0.25, 0.3) is 0 Å². The molecule has 0 saturated heterocycles. The van der Waals surface area contributed by atoms with Crippen molar-refractivity contribution in [2.45, 2.75) is 31.0 Å². The van der Waals surface area contributed by atoms with Crippen LogP contribution in [0.1, 0.15) is 39.9 Å². The van der Waals surface area contributed by atoms with Gasteiger partial charge in [-0.2, -0.15) is 18.4 Å². The Morgan fingerprint density at radius 1 is 1.06 bits per heavy atom. The summed E-state index contributed by atoms with van der Waals surface area (Å²) in [4.78, 5) is 36.6. The number of nitrogens with zero attached hydrogens (tertiary/aromatic N) is 1. The molecule has 0 unspecified atom stereocenters. The quantitative estimate of drug-likeness (QED) is 0.188. The molecule has 0 aromatic heterocycles. The summed E-state index contributed by atoms with van der Waals surface area (Å²) in [6.07, 6.45) is -4.38. The van der Waals surface area contributed by atoms with Crippen molar-refractivity contribution in [3.8, 4) is 6.07 Å². The molecule has 2 aromatic rings. The van der Waals surface area contributed by atoms with Crippen molar-refractivity contribution in [2.24, 2.45) is 0 Å². The lowest BCUT2D eigenvalue weighted by molar-refractivity contribution is -0.139. The predicted molar refractivity (Wildman–Crippen MR) is 111 cm³/mol. The van der Waals surface area contributed by atoms with Crippen LogP contribution in [0.15, 0.2) is 42.5 Å². The summed E-state index contributed by atoms with van der Waals surface area (Å²) in [7, 11) is 0. The maximum absolute atomic E-state index is 13.9. The van der Waals surface area contributed by atoms with Crippen LogP contribution in [0.25, 0.3) is 0 Å². The number of rotatable bonds is 7. The molecular formula is C23H18F4N4O3. The monoisotopic (exact) mass is 474 g/mol. The fourth-order valence-corrected chi connectivity index (χ4v) is 3.54. The van der Waals surface area contributed by atoms with Gasteiger partial charge in [0.1, 0.15) is 12.4 Å². The number of nitrogens with one attached hydrogen (secondary N) is 3. The minimum absolute atomic E-state index is 0.0176. The summed E-state index contributed by atoms with van der Waals surface area (Å²) in [6, 6.07) is 9.60. The van der Waals surface area contributed by atoms with Crippen LogP contribution < -0.4 is 10.6 Å². The Hall–Kier alpha value is -4.07. The summed E-state index contributed by atoms with van der Waals surface area (Å²) in [6.45, 7) is -0.615. The minimum atomic E-state index is -4.79. The average molecular weight is 474 g/mol. The molecule has 1 aliphatic carbocycles. The van der Waals surface area contributed by atoms with E-state index in [9.17, 15) is 31.9 Å². The molecule has 0 atom stereocenters. The summed E-state index contributed by atoms with van der Waals surface area (Å²) in [5.41, 5.74) is -2.84. The zero-order chi connectivity index (χ0) is 25.1. The summed E-state index contributed by atoms with van der Waals surface area (Å²) in [5, 5.41) is 21.3. The SMILES string of the molecule is N#CCNC(=O)C(=O)NCc1ccccc1C(=O)C(=N)C1(c2cc(F)cc(C(F)(F)F)c2)CC1. The number of amides is 2. The van der Waals surface area contributed by atoms with Crippen LogP contribution in [-0.2, 0) is 27.7 Å². The number of carbonyl (C=O) groups is 3. The van der Waals surface area contributed by atoms with Crippen LogP contribution in [0.2, 0.25) is 0 Å². The molecule has 2 amide bonds. The van der Waals surface area contributed by atoms with Gasteiger partial charge in [0.05, 0.1) is 17.3 Å². The smallest absolute Gasteiger partial charge is 0.344 e. The largest absolute Gasteiger partial charge is 0.416 e. The molecule has 1 fully saturated rings. The van der Waals surface area contributed by atoms with Crippen molar-refractivity contribution >= 4 is 23.3 Å². The topological polar surface area (TPSA) is 123 Å². The van der Waals surface area contributed by atoms with Gasteiger partial charge in [-0.1, -0.05) is 24.3 Å². The number of benzene rings is 2. The first-order valence-corrected chi connectivity index (χ1v) is 10.0. The highest BCUT2D eigenvalue weighted by atomic mass is 19.4. The second-order valence-corrected chi connectivity index (χ2v) is 7.69. The third-order valence-corrected chi connectivity index (χ3v) is 5.47. The molecule has 0 spiro atoms. The van der Waals surface area contributed by atoms with E-state index in [0.29, 0.717) is 6.07 Å². The molecule has 1 saturated carbocycles. The lowest BCUT2D eigenvalue weighted by atomic mass is 9.84. The summed E-state index contributed by atoms with van der Waals surface area (Å²) >= 11 is 0. The lowest BCUT2D eigenvalue weighted by Gasteiger charge is -2.19.